The highest BCUT2D eigenvalue weighted by atomic mass is 79.9. The fourth-order valence-corrected chi connectivity index (χ4v) is 2.94. The van der Waals surface area contributed by atoms with Crippen molar-refractivity contribution in [3.05, 3.63) is 28.5 Å². The molecule has 0 N–H and O–H groups in total. The Morgan fingerprint density at radius 1 is 1.43 bits per heavy atom. The van der Waals surface area contributed by atoms with E-state index in [0.717, 1.165) is 12.8 Å². The van der Waals surface area contributed by atoms with Crippen LogP contribution >= 0.6 is 15.9 Å². The molecule has 2 rings (SSSR count). The maximum Gasteiger partial charge on any atom is 0.310 e. The maximum atomic E-state index is 13.0. The number of likely N-dealkylation sites (tertiary alicyclic amines) is 1. The number of halogens is 2. The Hall–Kier alpha value is -1.63. The van der Waals surface area contributed by atoms with Crippen LogP contribution in [0.3, 0.4) is 0 Å². The van der Waals surface area contributed by atoms with Gasteiger partial charge in [0.05, 0.1) is 17.0 Å². The molecule has 1 heterocycles. The molecule has 7 heteroatoms. The van der Waals surface area contributed by atoms with Crippen LogP contribution in [-0.2, 0) is 14.3 Å². The van der Waals surface area contributed by atoms with Crippen LogP contribution in [-0.4, -0.2) is 43.1 Å². The molecule has 0 bridgehead atoms. The summed E-state index contributed by atoms with van der Waals surface area (Å²) in [4.78, 5) is 25.6. The third-order valence-electron chi connectivity index (χ3n) is 3.64. The number of hydrogen-bond acceptors (Lipinski definition) is 4. The van der Waals surface area contributed by atoms with Crippen LogP contribution in [0.2, 0.25) is 0 Å². The molecule has 1 aromatic carbocycles. The SMILES string of the molecule is CCOC(=O)C1CCCN(C(=O)COc2ccc(F)cc2Br)C1. The van der Waals surface area contributed by atoms with Gasteiger partial charge in [0.25, 0.3) is 5.91 Å². The van der Waals surface area contributed by atoms with E-state index in [-0.39, 0.29) is 30.2 Å². The van der Waals surface area contributed by atoms with Crippen LogP contribution in [0.25, 0.3) is 0 Å². The quantitative estimate of drug-likeness (QED) is 0.728. The lowest BCUT2D eigenvalue weighted by molar-refractivity contribution is -0.151. The largest absolute Gasteiger partial charge is 0.483 e. The molecule has 0 spiro atoms. The first-order valence-electron chi connectivity index (χ1n) is 7.53. The molecule has 1 fully saturated rings. The maximum absolute atomic E-state index is 13.0. The molecule has 1 saturated heterocycles. The number of carbonyl (C=O) groups excluding carboxylic acids is 2. The zero-order valence-corrected chi connectivity index (χ0v) is 14.5. The molecule has 0 radical (unpaired) electrons. The molecule has 1 amide bonds. The zero-order valence-electron chi connectivity index (χ0n) is 12.9. The van der Waals surface area contributed by atoms with Crippen molar-refractivity contribution in [1.29, 1.82) is 0 Å². The predicted molar refractivity (Wildman–Crippen MR) is 85.5 cm³/mol. The van der Waals surface area contributed by atoms with Gasteiger partial charge >= 0.3 is 5.97 Å². The van der Waals surface area contributed by atoms with E-state index in [4.69, 9.17) is 9.47 Å². The van der Waals surface area contributed by atoms with Crippen molar-refractivity contribution in [3.63, 3.8) is 0 Å². The lowest BCUT2D eigenvalue weighted by Gasteiger charge is -2.31. The minimum atomic E-state index is -0.385. The summed E-state index contributed by atoms with van der Waals surface area (Å²) >= 11 is 3.19. The molecular weight excluding hydrogens is 369 g/mol. The third-order valence-corrected chi connectivity index (χ3v) is 4.26. The first kappa shape index (κ1) is 17.7. The molecule has 1 aromatic rings. The van der Waals surface area contributed by atoms with Crippen molar-refractivity contribution in [3.8, 4) is 5.75 Å². The molecule has 0 saturated carbocycles. The van der Waals surface area contributed by atoms with E-state index in [1.165, 1.54) is 18.2 Å². The number of rotatable bonds is 5. The van der Waals surface area contributed by atoms with Crippen molar-refractivity contribution < 1.29 is 23.5 Å². The van der Waals surface area contributed by atoms with Crippen LogP contribution < -0.4 is 4.74 Å². The highest BCUT2D eigenvalue weighted by molar-refractivity contribution is 9.10. The monoisotopic (exact) mass is 387 g/mol. The number of benzene rings is 1. The molecule has 0 aliphatic carbocycles. The first-order chi connectivity index (χ1) is 11.0. The Morgan fingerprint density at radius 3 is 2.91 bits per heavy atom. The summed E-state index contributed by atoms with van der Waals surface area (Å²) < 4.78 is 23.9. The van der Waals surface area contributed by atoms with Crippen LogP contribution in [0.4, 0.5) is 4.39 Å². The molecule has 23 heavy (non-hydrogen) atoms. The summed E-state index contributed by atoms with van der Waals surface area (Å²) in [5.74, 6) is -0.713. The van der Waals surface area contributed by atoms with Gasteiger partial charge in [-0.25, -0.2) is 4.39 Å². The summed E-state index contributed by atoms with van der Waals surface area (Å²) in [5.41, 5.74) is 0. The lowest BCUT2D eigenvalue weighted by atomic mass is 9.98. The van der Waals surface area contributed by atoms with Crippen LogP contribution in [0.15, 0.2) is 22.7 Å². The van der Waals surface area contributed by atoms with E-state index in [1.807, 2.05) is 0 Å². The smallest absolute Gasteiger partial charge is 0.310 e. The average molecular weight is 388 g/mol. The molecule has 1 unspecified atom stereocenters. The number of carbonyl (C=O) groups is 2. The Labute approximate surface area is 142 Å². The molecule has 0 aromatic heterocycles. The van der Waals surface area contributed by atoms with Crippen molar-refractivity contribution in [2.75, 3.05) is 26.3 Å². The van der Waals surface area contributed by atoms with E-state index < -0.39 is 0 Å². The van der Waals surface area contributed by atoms with Crippen LogP contribution in [0.5, 0.6) is 5.75 Å². The van der Waals surface area contributed by atoms with Gasteiger partial charge in [0.2, 0.25) is 0 Å². The third kappa shape index (κ3) is 4.92. The number of esters is 1. The molecule has 1 atom stereocenters. The van der Waals surface area contributed by atoms with Gasteiger partial charge in [-0.1, -0.05) is 0 Å². The van der Waals surface area contributed by atoms with Crippen molar-refractivity contribution in [2.24, 2.45) is 5.92 Å². The molecular formula is C16H19BrFNO4. The molecule has 126 valence electrons. The normalized spacial score (nSPS) is 17.7. The number of hydrogen-bond donors (Lipinski definition) is 0. The zero-order chi connectivity index (χ0) is 16.8. The number of nitrogens with zero attached hydrogens (tertiary/aromatic N) is 1. The second kappa shape index (κ2) is 8.29. The number of ether oxygens (including phenoxy) is 2. The van der Waals surface area contributed by atoms with Crippen molar-refractivity contribution >= 4 is 27.8 Å². The average Bonchev–Trinajstić information content (AvgIpc) is 2.54. The minimum absolute atomic E-state index is 0.153. The summed E-state index contributed by atoms with van der Waals surface area (Å²) in [6.45, 7) is 2.90. The van der Waals surface area contributed by atoms with Gasteiger partial charge in [0, 0.05) is 13.1 Å². The highest BCUT2D eigenvalue weighted by Gasteiger charge is 2.29. The van der Waals surface area contributed by atoms with Gasteiger partial charge in [0.15, 0.2) is 6.61 Å². The fourth-order valence-electron chi connectivity index (χ4n) is 2.48. The van der Waals surface area contributed by atoms with E-state index in [0.29, 0.717) is 29.9 Å². The lowest BCUT2D eigenvalue weighted by Crippen LogP contribution is -2.44. The van der Waals surface area contributed by atoms with Gasteiger partial charge in [-0.15, -0.1) is 0 Å². The van der Waals surface area contributed by atoms with E-state index in [1.54, 1.807) is 11.8 Å². The van der Waals surface area contributed by atoms with Crippen molar-refractivity contribution in [1.82, 2.24) is 4.90 Å². The topological polar surface area (TPSA) is 55.8 Å². The van der Waals surface area contributed by atoms with Gasteiger partial charge in [-0.05, 0) is 53.9 Å². The summed E-state index contributed by atoms with van der Waals surface area (Å²) in [7, 11) is 0. The second-order valence-electron chi connectivity index (χ2n) is 5.29. The first-order valence-corrected chi connectivity index (χ1v) is 8.32. The minimum Gasteiger partial charge on any atom is -0.483 e. The Bertz CT molecular complexity index is 581. The molecule has 1 aliphatic heterocycles. The standard InChI is InChI=1S/C16H19BrFNO4/c1-2-22-16(21)11-4-3-7-19(9-11)15(20)10-23-14-6-5-12(18)8-13(14)17/h5-6,8,11H,2-4,7,9-10H2,1H3. The van der Waals surface area contributed by atoms with Gasteiger partial charge < -0.3 is 14.4 Å². The molecule has 1 aliphatic rings. The van der Waals surface area contributed by atoms with Crippen molar-refractivity contribution in [2.45, 2.75) is 19.8 Å². The fraction of sp³-hybridized carbons (Fsp3) is 0.500. The van der Waals surface area contributed by atoms with Gasteiger partial charge in [-0.2, -0.15) is 0 Å². The van der Waals surface area contributed by atoms with Crippen LogP contribution in [0, 0.1) is 11.7 Å². The van der Waals surface area contributed by atoms with E-state index in [9.17, 15) is 14.0 Å². The van der Waals surface area contributed by atoms with E-state index in [2.05, 4.69) is 15.9 Å². The summed E-state index contributed by atoms with van der Waals surface area (Å²) in [6.07, 6.45) is 1.49. The van der Waals surface area contributed by atoms with Gasteiger partial charge in [-0.3, -0.25) is 9.59 Å². The van der Waals surface area contributed by atoms with E-state index >= 15 is 0 Å². The molecule has 5 nitrogen and oxygen atoms in total. The van der Waals surface area contributed by atoms with Crippen LogP contribution in [0.1, 0.15) is 19.8 Å². The summed E-state index contributed by atoms with van der Waals surface area (Å²) in [5, 5.41) is 0. The summed E-state index contributed by atoms with van der Waals surface area (Å²) in [6, 6.07) is 4.00. The van der Waals surface area contributed by atoms with Gasteiger partial charge in [0.1, 0.15) is 11.6 Å². The number of piperidine rings is 1. The second-order valence-corrected chi connectivity index (χ2v) is 6.15. The Morgan fingerprint density at radius 2 is 2.22 bits per heavy atom. The Kier molecular flexibility index (Phi) is 6.38. The Balaban J connectivity index is 1.88. The predicted octanol–water partition coefficient (Wildman–Crippen LogP) is 2.77. The number of amides is 1. The highest BCUT2D eigenvalue weighted by Crippen LogP contribution is 2.25.